The van der Waals surface area contributed by atoms with E-state index in [1.165, 1.54) is 96.3 Å². The molecule has 0 fully saturated rings. The zero-order valence-electron chi connectivity index (χ0n) is 18.3. The Morgan fingerprint density at radius 2 is 1.25 bits per heavy atom. The molecule has 2 unspecified atom stereocenters. The highest BCUT2D eigenvalue weighted by atomic mass is 14.4. The van der Waals surface area contributed by atoms with Crippen molar-refractivity contribution >= 4 is 0 Å². The van der Waals surface area contributed by atoms with E-state index < -0.39 is 0 Å². The van der Waals surface area contributed by atoms with Crippen LogP contribution in [0, 0.1) is 17.3 Å². The van der Waals surface area contributed by atoms with Crippen LogP contribution in [0.4, 0.5) is 0 Å². The second-order valence-electron chi connectivity index (χ2n) is 8.37. The monoisotopic (exact) mass is 338 g/mol. The van der Waals surface area contributed by atoms with Crippen molar-refractivity contribution in [2.75, 3.05) is 0 Å². The van der Waals surface area contributed by atoms with E-state index in [4.69, 9.17) is 0 Å². The van der Waals surface area contributed by atoms with Gasteiger partial charge in [0.1, 0.15) is 0 Å². The molecule has 0 rings (SSSR count). The van der Waals surface area contributed by atoms with E-state index in [9.17, 15) is 0 Å². The molecule has 24 heavy (non-hydrogen) atoms. The second-order valence-corrected chi connectivity index (χ2v) is 8.37. The van der Waals surface area contributed by atoms with Gasteiger partial charge >= 0.3 is 0 Å². The van der Waals surface area contributed by atoms with Gasteiger partial charge in [-0.25, -0.2) is 0 Å². The second kappa shape index (κ2) is 15.3. The van der Waals surface area contributed by atoms with Crippen LogP contribution >= 0.6 is 0 Å². The Labute approximate surface area is 155 Å². The van der Waals surface area contributed by atoms with Crippen LogP contribution in [-0.2, 0) is 0 Å². The summed E-state index contributed by atoms with van der Waals surface area (Å²) in [7, 11) is 0. The number of rotatable bonds is 17. The fourth-order valence-corrected chi connectivity index (χ4v) is 4.79. The molecule has 0 nitrogen and oxygen atoms in total. The molecule has 0 radical (unpaired) electrons. The van der Waals surface area contributed by atoms with Crippen LogP contribution < -0.4 is 0 Å². The fraction of sp³-hybridized carbons (Fsp3) is 1.00. The average Bonchev–Trinajstić information content (AvgIpc) is 2.62. The zero-order valence-corrected chi connectivity index (χ0v) is 18.3. The normalized spacial score (nSPS) is 14.8. The van der Waals surface area contributed by atoms with Gasteiger partial charge in [-0.05, 0) is 36.5 Å². The van der Waals surface area contributed by atoms with E-state index >= 15 is 0 Å². The molecule has 0 aliphatic carbocycles. The minimum absolute atomic E-state index is 0.627. The summed E-state index contributed by atoms with van der Waals surface area (Å²) >= 11 is 0. The summed E-state index contributed by atoms with van der Waals surface area (Å²) in [6.07, 6.45) is 21.4. The van der Waals surface area contributed by atoms with E-state index in [0.717, 1.165) is 11.8 Å². The van der Waals surface area contributed by atoms with Crippen LogP contribution in [0.15, 0.2) is 0 Å². The highest BCUT2D eigenvalue weighted by Crippen LogP contribution is 2.46. The minimum atomic E-state index is 0.627. The van der Waals surface area contributed by atoms with Crippen LogP contribution in [0.2, 0.25) is 0 Å². The summed E-state index contributed by atoms with van der Waals surface area (Å²) in [6, 6.07) is 0. The highest BCUT2D eigenvalue weighted by molar-refractivity contribution is 4.86. The third-order valence-corrected chi connectivity index (χ3v) is 6.87. The SMILES string of the molecule is CCCCCCC(CC(CC)CCCC)C(CC)(CC)CCCC. The summed E-state index contributed by atoms with van der Waals surface area (Å²) in [6.45, 7) is 14.4. The van der Waals surface area contributed by atoms with Gasteiger partial charge in [-0.1, -0.05) is 119 Å². The van der Waals surface area contributed by atoms with Crippen LogP contribution in [0.1, 0.15) is 138 Å². The summed E-state index contributed by atoms with van der Waals surface area (Å²) in [5.41, 5.74) is 0.627. The van der Waals surface area contributed by atoms with Gasteiger partial charge < -0.3 is 0 Å². The fourth-order valence-electron chi connectivity index (χ4n) is 4.79. The molecule has 0 saturated heterocycles. The Kier molecular flexibility index (Phi) is 15.3. The lowest BCUT2D eigenvalue weighted by Gasteiger charge is -2.42. The number of hydrogen-bond acceptors (Lipinski definition) is 0. The van der Waals surface area contributed by atoms with E-state index in [2.05, 4.69) is 41.5 Å². The summed E-state index contributed by atoms with van der Waals surface area (Å²) < 4.78 is 0. The zero-order chi connectivity index (χ0) is 18.3. The molecular weight excluding hydrogens is 288 g/mol. The molecule has 0 saturated carbocycles. The van der Waals surface area contributed by atoms with Gasteiger partial charge in [-0.15, -0.1) is 0 Å². The summed E-state index contributed by atoms with van der Waals surface area (Å²) in [5.74, 6) is 1.94. The first-order chi connectivity index (χ1) is 11.6. The van der Waals surface area contributed by atoms with Gasteiger partial charge in [0.15, 0.2) is 0 Å². The predicted molar refractivity (Wildman–Crippen MR) is 113 cm³/mol. The van der Waals surface area contributed by atoms with Crippen molar-refractivity contribution < 1.29 is 0 Å². The first-order valence-electron chi connectivity index (χ1n) is 11.6. The summed E-state index contributed by atoms with van der Waals surface area (Å²) in [5, 5.41) is 0. The largest absolute Gasteiger partial charge is 0.0654 e. The lowest BCUT2D eigenvalue weighted by molar-refractivity contribution is 0.0867. The number of hydrogen-bond donors (Lipinski definition) is 0. The molecule has 0 N–H and O–H groups in total. The Morgan fingerprint density at radius 1 is 0.625 bits per heavy atom. The van der Waals surface area contributed by atoms with Crippen LogP contribution in [0.5, 0.6) is 0 Å². The van der Waals surface area contributed by atoms with Crippen LogP contribution in [0.3, 0.4) is 0 Å². The standard InChI is InChI=1S/C24H50/c1-7-13-16-17-19-23(21-22(10-4)18-14-8-2)24(11-5,12-6)20-15-9-3/h22-23H,7-21H2,1-6H3. The van der Waals surface area contributed by atoms with Gasteiger partial charge in [0.25, 0.3) is 0 Å². The molecule has 146 valence electrons. The topological polar surface area (TPSA) is 0 Å². The highest BCUT2D eigenvalue weighted by Gasteiger charge is 2.35. The van der Waals surface area contributed by atoms with Gasteiger partial charge in [0.05, 0.1) is 0 Å². The van der Waals surface area contributed by atoms with Crippen molar-refractivity contribution in [1.29, 1.82) is 0 Å². The van der Waals surface area contributed by atoms with Crippen molar-refractivity contribution in [3.8, 4) is 0 Å². The van der Waals surface area contributed by atoms with E-state index in [1.54, 1.807) is 0 Å². The van der Waals surface area contributed by atoms with Crippen molar-refractivity contribution in [3.63, 3.8) is 0 Å². The van der Waals surface area contributed by atoms with Crippen molar-refractivity contribution in [2.24, 2.45) is 17.3 Å². The van der Waals surface area contributed by atoms with Crippen LogP contribution in [-0.4, -0.2) is 0 Å². The molecule has 0 aromatic carbocycles. The van der Waals surface area contributed by atoms with E-state index in [-0.39, 0.29) is 0 Å². The Hall–Kier alpha value is 0. The Balaban J connectivity index is 5.01. The molecule has 0 aromatic rings. The molecule has 0 aromatic heterocycles. The Bertz CT molecular complexity index is 251. The van der Waals surface area contributed by atoms with Crippen molar-refractivity contribution in [3.05, 3.63) is 0 Å². The average molecular weight is 339 g/mol. The minimum Gasteiger partial charge on any atom is -0.0654 e. The number of unbranched alkanes of at least 4 members (excludes halogenated alkanes) is 5. The first-order valence-corrected chi connectivity index (χ1v) is 11.6. The lowest BCUT2D eigenvalue weighted by Crippen LogP contribution is -2.31. The molecule has 2 atom stereocenters. The van der Waals surface area contributed by atoms with Gasteiger partial charge in [-0.3, -0.25) is 0 Å². The maximum absolute atomic E-state index is 2.48. The van der Waals surface area contributed by atoms with Crippen molar-refractivity contribution in [2.45, 2.75) is 138 Å². The third kappa shape index (κ3) is 8.91. The van der Waals surface area contributed by atoms with Gasteiger partial charge in [0, 0.05) is 0 Å². The molecular formula is C24H50. The molecule has 0 aliphatic heterocycles. The maximum atomic E-state index is 2.48. The lowest BCUT2D eigenvalue weighted by atomic mass is 9.63. The molecule has 0 heteroatoms. The smallest absolute Gasteiger partial charge is 0.0274 e. The third-order valence-electron chi connectivity index (χ3n) is 6.87. The molecule has 0 bridgehead atoms. The predicted octanol–water partition coefficient (Wildman–Crippen LogP) is 9.18. The van der Waals surface area contributed by atoms with Crippen LogP contribution in [0.25, 0.3) is 0 Å². The molecule has 0 heterocycles. The van der Waals surface area contributed by atoms with Gasteiger partial charge in [0.2, 0.25) is 0 Å². The Morgan fingerprint density at radius 3 is 1.75 bits per heavy atom. The van der Waals surface area contributed by atoms with E-state index in [1.807, 2.05) is 0 Å². The molecule has 0 amide bonds. The van der Waals surface area contributed by atoms with E-state index in [0.29, 0.717) is 5.41 Å². The van der Waals surface area contributed by atoms with Gasteiger partial charge in [-0.2, -0.15) is 0 Å². The molecule has 0 spiro atoms. The quantitative estimate of drug-likeness (QED) is 0.232. The van der Waals surface area contributed by atoms with Crippen molar-refractivity contribution in [1.82, 2.24) is 0 Å². The first kappa shape index (κ1) is 24.0. The maximum Gasteiger partial charge on any atom is -0.0274 e. The molecule has 0 aliphatic rings. The summed E-state index contributed by atoms with van der Waals surface area (Å²) in [4.78, 5) is 0.